The molecule has 0 spiro atoms. The van der Waals surface area contributed by atoms with Crippen LogP contribution in [0.5, 0.6) is 0 Å². The highest BCUT2D eigenvalue weighted by molar-refractivity contribution is 8.00. The molecule has 5 heteroatoms. The quantitative estimate of drug-likeness (QED) is 0.874. The van der Waals surface area contributed by atoms with E-state index in [-0.39, 0.29) is 0 Å². The Labute approximate surface area is 123 Å². The van der Waals surface area contributed by atoms with Crippen molar-refractivity contribution in [2.24, 2.45) is 0 Å². The molecule has 1 saturated heterocycles. The first-order chi connectivity index (χ1) is 9.55. The number of fused-ring (bicyclic) bond motifs is 1. The summed E-state index contributed by atoms with van der Waals surface area (Å²) in [5, 5.41) is 1.09. The topological polar surface area (TPSA) is 55.0 Å². The number of rotatable bonds is 1. The van der Waals surface area contributed by atoms with Gasteiger partial charge in [0, 0.05) is 29.0 Å². The maximum Gasteiger partial charge on any atom is 0.222 e. The van der Waals surface area contributed by atoms with E-state index in [0.717, 1.165) is 42.0 Å². The molecule has 106 valence electrons. The van der Waals surface area contributed by atoms with Gasteiger partial charge in [0.1, 0.15) is 5.82 Å². The Morgan fingerprint density at radius 3 is 2.85 bits per heavy atom. The van der Waals surface area contributed by atoms with E-state index in [9.17, 15) is 0 Å². The van der Waals surface area contributed by atoms with Crippen molar-refractivity contribution < 1.29 is 0 Å². The third-order valence-electron chi connectivity index (χ3n) is 3.74. The monoisotopic (exact) mass is 288 g/mol. The van der Waals surface area contributed by atoms with Gasteiger partial charge in [0.25, 0.3) is 0 Å². The van der Waals surface area contributed by atoms with Gasteiger partial charge in [0.15, 0.2) is 0 Å². The van der Waals surface area contributed by atoms with Gasteiger partial charge in [-0.2, -0.15) is 16.7 Å². The summed E-state index contributed by atoms with van der Waals surface area (Å²) in [7, 11) is 0. The van der Waals surface area contributed by atoms with E-state index in [1.807, 2.05) is 30.0 Å². The number of para-hydroxylation sites is 1. The fourth-order valence-corrected chi connectivity index (χ4v) is 3.65. The lowest BCUT2D eigenvalue weighted by atomic mass is 10.1. The van der Waals surface area contributed by atoms with Crippen molar-refractivity contribution in [3.63, 3.8) is 0 Å². The largest absolute Gasteiger partial charge is 0.368 e. The van der Waals surface area contributed by atoms with Crippen molar-refractivity contribution in [3.05, 3.63) is 24.3 Å². The molecule has 1 aliphatic heterocycles. The Hall–Kier alpha value is -1.49. The lowest BCUT2D eigenvalue weighted by molar-refractivity contribution is 0.636. The third kappa shape index (κ3) is 2.68. The van der Waals surface area contributed by atoms with Crippen LogP contribution in [-0.2, 0) is 0 Å². The van der Waals surface area contributed by atoms with Crippen LogP contribution in [0.4, 0.5) is 11.8 Å². The van der Waals surface area contributed by atoms with Crippen LogP contribution in [0.2, 0.25) is 0 Å². The molecule has 0 unspecified atom stereocenters. The maximum absolute atomic E-state index is 5.87. The van der Waals surface area contributed by atoms with Gasteiger partial charge in [-0.1, -0.05) is 26.0 Å². The molecule has 0 amide bonds. The number of thioether (sulfide) groups is 1. The predicted molar refractivity (Wildman–Crippen MR) is 87.3 cm³/mol. The zero-order valence-electron chi connectivity index (χ0n) is 12.0. The SMILES string of the molecule is CC1(C)CCN(c2nc(N)nc3ccccc23)CCS1. The molecule has 0 atom stereocenters. The second-order valence-electron chi connectivity index (χ2n) is 5.77. The molecule has 1 aromatic heterocycles. The Morgan fingerprint density at radius 2 is 2.00 bits per heavy atom. The van der Waals surface area contributed by atoms with Crippen molar-refractivity contribution in [2.45, 2.75) is 25.0 Å². The summed E-state index contributed by atoms with van der Waals surface area (Å²) in [5.41, 5.74) is 6.79. The number of nitrogens with zero attached hydrogens (tertiary/aromatic N) is 3. The van der Waals surface area contributed by atoms with E-state index < -0.39 is 0 Å². The second kappa shape index (κ2) is 5.13. The van der Waals surface area contributed by atoms with Gasteiger partial charge < -0.3 is 10.6 Å². The molecule has 0 bridgehead atoms. The van der Waals surface area contributed by atoms with Crippen LogP contribution in [0, 0.1) is 0 Å². The average molecular weight is 288 g/mol. The van der Waals surface area contributed by atoms with Crippen LogP contribution in [0.15, 0.2) is 24.3 Å². The zero-order chi connectivity index (χ0) is 14.2. The average Bonchev–Trinajstić information content (AvgIpc) is 2.59. The predicted octanol–water partition coefficient (Wildman–Crippen LogP) is 2.93. The Bertz CT molecular complexity index is 626. The Kier molecular flexibility index (Phi) is 3.46. The first kappa shape index (κ1) is 13.5. The number of hydrogen-bond acceptors (Lipinski definition) is 5. The van der Waals surface area contributed by atoms with Crippen LogP contribution in [0.25, 0.3) is 10.9 Å². The number of aromatic nitrogens is 2. The lowest BCUT2D eigenvalue weighted by Crippen LogP contribution is -2.28. The highest BCUT2D eigenvalue weighted by atomic mass is 32.2. The standard InChI is InChI=1S/C15H20N4S/c1-15(2)7-8-19(9-10-20-15)13-11-5-3-4-6-12(11)17-14(16)18-13/h3-6H,7-10H2,1-2H3,(H2,16,17,18). The van der Waals surface area contributed by atoms with Gasteiger partial charge in [-0.3, -0.25) is 0 Å². The van der Waals surface area contributed by atoms with Crippen LogP contribution in [0.3, 0.4) is 0 Å². The summed E-state index contributed by atoms with van der Waals surface area (Å²) in [6, 6.07) is 8.09. The minimum Gasteiger partial charge on any atom is -0.368 e. The molecular formula is C15H20N4S. The Balaban J connectivity index is 2.01. The van der Waals surface area contributed by atoms with Gasteiger partial charge in [-0.15, -0.1) is 0 Å². The molecule has 1 fully saturated rings. The Morgan fingerprint density at radius 1 is 1.20 bits per heavy atom. The van der Waals surface area contributed by atoms with Crippen molar-refractivity contribution in [1.82, 2.24) is 9.97 Å². The van der Waals surface area contributed by atoms with E-state index in [4.69, 9.17) is 5.73 Å². The summed E-state index contributed by atoms with van der Waals surface area (Å²) in [5.74, 6) is 2.45. The molecule has 0 aliphatic carbocycles. The van der Waals surface area contributed by atoms with E-state index >= 15 is 0 Å². The molecule has 4 nitrogen and oxygen atoms in total. The minimum absolute atomic E-state index is 0.336. The van der Waals surface area contributed by atoms with E-state index in [1.165, 1.54) is 0 Å². The molecule has 0 saturated carbocycles. The summed E-state index contributed by atoms with van der Waals surface area (Å²) in [4.78, 5) is 11.2. The fourth-order valence-electron chi connectivity index (χ4n) is 2.55. The van der Waals surface area contributed by atoms with Crippen molar-refractivity contribution in [3.8, 4) is 0 Å². The lowest BCUT2D eigenvalue weighted by Gasteiger charge is -2.24. The second-order valence-corrected chi connectivity index (χ2v) is 7.57. The number of nitrogens with two attached hydrogens (primary N) is 1. The van der Waals surface area contributed by atoms with Crippen molar-refractivity contribution in [1.29, 1.82) is 0 Å². The minimum atomic E-state index is 0.336. The summed E-state index contributed by atoms with van der Waals surface area (Å²) in [6.45, 7) is 6.65. The molecule has 20 heavy (non-hydrogen) atoms. The number of anilines is 2. The van der Waals surface area contributed by atoms with Crippen LogP contribution < -0.4 is 10.6 Å². The smallest absolute Gasteiger partial charge is 0.222 e. The molecule has 1 aromatic carbocycles. The third-order valence-corrected chi connectivity index (χ3v) is 5.11. The fraction of sp³-hybridized carbons (Fsp3) is 0.467. The summed E-state index contributed by atoms with van der Waals surface area (Å²) < 4.78 is 0.336. The van der Waals surface area contributed by atoms with Gasteiger partial charge in [0.05, 0.1) is 5.52 Å². The first-order valence-corrected chi connectivity index (χ1v) is 7.95. The number of hydrogen-bond donors (Lipinski definition) is 1. The molecule has 3 rings (SSSR count). The highest BCUT2D eigenvalue weighted by Gasteiger charge is 2.25. The summed E-state index contributed by atoms with van der Waals surface area (Å²) in [6.07, 6.45) is 1.15. The molecule has 0 radical (unpaired) electrons. The molecule has 2 heterocycles. The first-order valence-electron chi connectivity index (χ1n) is 6.96. The summed E-state index contributed by atoms with van der Waals surface area (Å²) >= 11 is 2.03. The van der Waals surface area contributed by atoms with E-state index in [1.54, 1.807) is 0 Å². The molecule has 2 aromatic rings. The van der Waals surface area contributed by atoms with Crippen LogP contribution in [-0.4, -0.2) is 33.6 Å². The van der Waals surface area contributed by atoms with Crippen molar-refractivity contribution >= 4 is 34.4 Å². The van der Waals surface area contributed by atoms with Crippen LogP contribution >= 0.6 is 11.8 Å². The maximum atomic E-state index is 5.87. The van der Waals surface area contributed by atoms with Gasteiger partial charge >= 0.3 is 0 Å². The van der Waals surface area contributed by atoms with Gasteiger partial charge in [-0.25, -0.2) is 4.98 Å². The van der Waals surface area contributed by atoms with Gasteiger partial charge in [0.2, 0.25) is 5.95 Å². The van der Waals surface area contributed by atoms with Crippen molar-refractivity contribution in [2.75, 3.05) is 29.5 Å². The van der Waals surface area contributed by atoms with E-state index in [0.29, 0.717) is 10.7 Å². The molecular weight excluding hydrogens is 268 g/mol. The van der Waals surface area contributed by atoms with Crippen LogP contribution in [0.1, 0.15) is 20.3 Å². The molecule has 2 N–H and O–H groups in total. The molecule has 1 aliphatic rings. The number of benzene rings is 1. The normalized spacial score (nSPS) is 19.0. The zero-order valence-corrected chi connectivity index (χ0v) is 12.8. The van der Waals surface area contributed by atoms with E-state index in [2.05, 4.69) is 34.8 Å². The highest BCUT2D eigenvalue weighted by Crippen LogP contribution is 2.33. The number of nitrogen functional groups attached to an aromatic ring is 1. The van der Waals surface area contributed by atoms with Gasteiger partial charge in [-0.05, 0) is 18.6 Å².